The number of hydrogen-bond donors (Lipinski definition) is 2. The third kappa shape index (κ3) is 10.9. The summed E-state index contributed by atoms with van der Waals surface area (Å²) < 4.78 is 16.9. The van der Waals surface area contributed by atoms with E-state index in [1.807, 2.05) is 17.8 Å². The molecule has 2 saturated heterocycles. The Kier molecular flexibility index (Phi) is 14.4. The van der Waals surface area contributed by atoms with Crippen LogP contribution in [0.2, 0.25) is 0 Å². The summed E-state index contributed by atoms with van der Waals surface area (Å²) >= 11 is 2.00. The number of nitrogens with zero attached hydrogens (tertiary/aromatic N) is 1. The van der Waals surface area contributed by atoms with Crippen molar-refractivity contribution in [3.8, 4) is 11.5 Å². The standard InChI is InChI=1S/C38H55N3O7.C2H4S/c1-12-36(5,6)25-16-18-29(27(22-25)37(7,8)13-2)47-21-15-14-20-39-26-17-19-30(46-11)28(23-26)40-33(43)31(32(42)24(3)4)41-34(44)38(9,10)48-35(41)45;1-2-3-1/h16-19,22-24,31,39H,12-15,20-21H2,1-11H3,(H,40,43);1-2H2. The summed E-state index contributed by atoms with van der Waals surface area (Å²) in [5, 5.41) is 6.07. The number of unbranched alkanes of at least 4 members (excludes halogenated alkanes) is 1. The number of anilines is 2. The van der Waals surface area contributed by atoms with Crippen molar-refractivity contribution in [2.75, 3.05) is 42.4 Å². The van der Waals surface area contributed by atoms with Gasteiger partial charge in [-0.3, -0.25) is 14.4 Å². The predicted octanol–water partition coefficient (Wildman–Crippen LogP) is 8.36. The van der Waals surface area contributed by atoms with Gasteiger partial charge in [0.15, 0.2) is 17.4 Å². The molecule has 2 aromatic carbocycles. The Bertz CT molecular complexity index is 1550. The van der Waals surface area contributed by atoms with Crippen LogP contribution in [0.5, 0.6) is 11.5 Å². The Morgan fingerprint density at radius 3 is 2.12 bits per heavy atom. The lowest BCUT2D eigenvalue weighted by molar-refractivity contribution is -0.144. The van der Waals surface area contributed by atoms with Crippen LogP contribution in [0.1, 0.15) is 106 Å². The first kappa shape index (κ1) is 41.7. The molecule has 1 atom stereocenters. The number of ketones is 1. The number of thioether (sulfide) groups is 1. The molecule has 51 heavy (non-hydrogen) atoms. The van der Waals surface area contributed by atoms with Gasteiger partial charge in [-0.1, -0.05) is 67.5 Å². The van der Waals surface area contributed by atoms with Gasteiger partial charge in [-0.15, -0.1) is 0 Å². The fourth-order valence-corrected chi connectivity index (χ4v) is 5.36. The van der Waals surface area contributed by atoms with Gasteiger partial charge < -0.3 is 24.8 Å². The van der Waals surface area contributed by atoms with Crippen LogP contribution < -0.4 is 20.1 Å². The molecule has 11 heteroatoms. The summed E-state index contributed by atoms with van der Waals surface area (Å²) in [6.07, 6.45) is 2.69. The molecule has 4 rings (SSSR count). The lowest BCUT2D eigenvalue weighted by Gasteiger charge is -2.30. The third-order valence-corrected chi connectivity index (χ3v) is 10.1. The van der Waals surface area contributed by atoms with E-state index in [1.165, 1.54) is 43.6 Å². The Labute approximate surface area is 309 Å². The number of nitrogens with one attached hydrogen (secondary N) is 2. The average Bonchev–Trinajstić information content (AvgIpc) is 3.95. The molecule has 3 amide bonds. The summed E-state index contributed by atoms with van der Waals surface area (Å²) in [6.45, 7) is 20.8. The minimum Gasteiger partial charge on any atom is -0.495 e. The van der Waals surface area contributed by atoms with Crippen LogP contribution in [0.15, 0.2) is 36.4 Å². The van der Waals surface area contributed by atoms with E-state index in [-0.39, 0.29) is 16.5 Å². The number of cyclic esters (lactones) is 1. The summed E-state index contributed by atoms with van der Waals surface area (Å²) in [5.41, 5.74) is 2.18. The second kappa shape index (κ2) is 17.7. The number of ether oxygens (including phenoxy) is 3. The Morgan fingerprint density at radius 2 is 1.59 bits per heavy atom. The normalized spacial score (nSPS) is 15.8. The second-order valence-electron chi connectivity index (χ2n) is 15.2. The van der Waals surface area contributed by atoms with Crippen molar-refractivity contribution >= 4 is 46.8 Å². The molecule has 2 aliphatic heterocycles. The Hall–Kier alpha value is -3.73. The third-order valence-electron chi connectivity index (χ3n) is 9.70. The van der Waals surface area contributed by atoms with Crippen LogP contribution in [0.3, 0.4) is 0 Å². The van der Waals surface area contributed by atoms with Crippen LogP contribution in [0, 0.1) is 5.92 Å². The van der Waals surface area contributed by atoms with E-state index in [4.69, 9.17) is 14.2 Å². The van der Waals surface area contributed by atoms with E-state index in [9.17, 15) is 19.2 Å². The van der Waals surface area contributed by atoms with E-state index in [2.05, 4.69) is 70.4 Å². The molecule has 0 bridgehead atoms. The topological polar surface area (TPSA) is 123 Å². The lowest BCUT2D eigenvalue weighted by atomic mass is 9.76. The van der Waals surface area contributed by atoms with E-state index in [0.29, 0.717) is 23.8 Å². The minimum atomic E-state index is -1.69. The highest BCUT2D eigenvalue weighted by molar-refractivity contribution is 8.06. The number of benzene rings is 2. The van der Waals surface area contributed by atoms with Crippen molar-refractivity contribution in [3.05, 3.63) is 47.5 Å². The maximum absolute atomic E-state index is 13.5. The van der Waals surface area contributed by atoms with Crippen LogP contribution >= 0.6 is 11.8 Å². The monoisotopic (exact) mass is 725 g/mol. The first-order chi connectivity index (χ1) is 23.9. The van der Waals surface area contributed by atoms with Crippen molar-refractivity contribution in [1.82, 2.24) is 4.90 Å². The zero-order valence-corrected chi connectivity index (χ0v) is 33.3. The molecule has 0 aromatic heterocycles. The number of methoxy groups -OCH3 is 1. The highest BCUT2D eigenvalue weighted by atomic mass is 32.2. The largest absolute Gasteiger partial charge is 0.495 e. The van der Waals surface area contributed by atoms with Gasteiger partial charge in [-0.2, -0.15) is 11.8 Å². The smallest absolute Gasteiger partial charge is 0.418 e. The molecule has 2 N–H and O–H groups in total. The summed E-state index contributed by atoms with van der Waals surface area (Å²) in [6, 6.07) is 10.1. The van der Waals surface area contributed by atoms with E-state index in [1.54, 1.807) is 26.0 Å². The zero-order valence-electron chi connectivity index (χ0n) is 32.5. The van der Waals surface area contributed by atoms with E-state index >= 15 is 0 Å². The summed E-state index contributed by atoms with van der Waals surface area (Å²) in [5.74, 6) is 1.32. The van der Waals surface area contributed by atoms with Gasteiger partial charge in [-0.25, -0.2) is 9.69 Å². The molecule has 2 fully saturated rings. The maximum atomic E-state index is 13.5. The molecule has 282 valence electrons. The molecule has 2 heterocycles. The molecule has 10 nitrogen and oxygen atoms in total. The fourth-order valence-electron chi connectivity index (χ4n) is 5.36. The Morgan fingerprint density at radius 1 is 0.961 bits per heavy atom. The van der Waals surface area contributed by atoms with Gasteiger partial charge in [0, 0.05) is 35.2 Å². The molecule has 2 aliphatic rings. The molecule has 1 unspecified atom stereocenters. The zero-order chi connectivity index (χ0) is 38.1. The lowest BCUT2D eigenvalue weighted by Crippen LogP contribution is -2.54. The number of carbonyl (C=O) groups is 4. The van der Waals surface area contributed by atoms with Gasteiger partial charge in [0.2, 0.25) is 0 Å². The first-order valence-electron chi connectivity index (χ1n) is 18.1. The number of carbonyl (C=O) groups excluding carboxylic acids is 4. The van der Waals surface area contributed by atoms with Crippen molar-refractivity contribution in [2.24, 2.45) is 5.92 Å². The van der Waals surface area contributed by atoms with Crippen LogP contribution in [-0.2, 0) is 30.0 Å². The van der Waals surface area contributed by atoms with Gasteiger partial charge >= 0.3 is 6.09 Å². The first-order valence-corrected chi connectivity index (χ1v) is 19.2. The van der Waals surface area contributed by atoms with Crippen molar-refractivity contribution in [2.45, 2.75) is 117 Å². The highest BCUT2D eigenvalue weighted by Gasteiger charge is 2.54. The number of hydrogen-bond acceptors (Lipinski definition) is 9. The number of imide groups is 1. The van der Waals surface area contributed by atoms with Gasteiger partial charge in [0.1, 0.15) is 11.5 Å². The van der Waals surface area contributed by atoms with E-state index in [0.717, 1.165) is 37.1 Å². The van der Waals surface area contributed by atoms with Gasteiger partial charge in [0.25, 0.3) is 11.8 Å². The number of amides is 3. The summed E-state index contributed by atoms with van der Waals surface area (Å²) in [4.78, 5) is 52.9. The minimum absolute atomic E-state index is 0.00971. The van der Waals surface area contributed by atoms with Crippen LogP contribution in [0.25, 0.3) is 0 Å². The Balaban J connectivity index is 0.00000222. The van der Waals surface area contributed by atoms with Crippen LogP contribution in [-0.4, -0.2) is 72.0 Å². The molecule has 2 aromatic rings. The van der Waals surface area contributed by atoms with Gasteiger partial charge in [0.05, 0.1) is 19.4 Å². The van der Waals surface area contributed by atoms with Crippen molar-refractivity contribution < 1.29 is 33.4 Å². The average molecular weight is 726 g/mol. The molecule has 0 radical (unpaired) electrons. The molecular formula is C40H59N3O7S. The molecule has 0 spiro atoms. The second-order valence-corrected chi connectivity index (χ2v) is 16.4. The maximum Gasteiger partial charge on any atom is 0.418 e. The van der Waals surface area contributed by atoms with Crippen molar-refractivity contribution in [1.29, 1.82) is 0 Å². The molecular weight excluding hydrogens is 667 g/mol. The predicted molar refractivity (Wildman–Crippen MR) is 206 cm³/mol. The molecule has 0 saturated carbocycles. The molecule has 0 aliphatic carbocycles. The van der Waals surface area contributed by atoms with Crippen molar-refractivity contribution in [3.63, 3.8) is 0 Å². The fraction of sp³-hybridized carbons (Fsp3) is 0.600. The van der Waals surface area contributed by atoms with Gasteiger partial charge in [-0.05, 0) is 80.2 Å². The van der Waals surface area contributed by atoms with E-state index < -0.39 is 41.3 Å². The summed E-state index contributed by atoms with van der Waals surface area (Å²) in [7, 11) is 1.46. The number of rotatable bonds is 17. The quantitative estimate of drug-likeness (QED) is 0.0941. The number of Topliss-reactive ketones (excluding diaryl/α,β-unsaturated/α-hetero) is 1. The van der Waals surface area contributed by atoms with Crippen LogP contribution in [0.4, 0.5) is 16.2 Å². The highest BCUT2D eigenvalue weighted by Crippen LogP contribution is 2.38. The SMILES string of the molecule is C1CS1.CCC(C)(C)c1ccc(OCCCCNc2ccc(OC)c(NC(=O)C(C(=O)C(C)C)N3C(=O)OC(C)(C)C3=O)c2)c(C(C)(C)CC)c1.